The molecule has 0 bridgehead atoms. The van der Waals surface area contributed by atoms with Gasteiger partial charge in [-0.3, -0.25) is 9.59 Å². The fourth-order valence-electron chi connectivity index (χ4n) is 3.06. The van der Waals surface area contributed by atoms with Gasteiger partial charge < -0.3 is 19.8 Å². The highest BCUT2D eigenvalue weighted by molar-refractivity contribution is 7.89. The molecular formula is C20H25N3O6S. The van der Waals surface area contributed by atoms with Crippen LogP contribution in [0.25, 0.3) is 0 Å². The van der Waals surface area contributed by atoms with Crippen molar-refractivity contribution >= 4 is 21.8 Å². The number of hydrogen-bond donors (Lipinski definition) is 2. The van der Waals surface area contributed by atoms with Crippen LogP contribution in [0.4, 0.5) is 0 Å². The molecule has 30 heavy (non-hydrogen) atoms. The third kappa shape index (κ3) is 5.68. The van der Waals surface area contributed by atoms with Crippen molar-refractivity contribution in [3.63, 3.8) is 0 Å². The molecule has 1 aliphatic heterocycles. The molecule has 1 aromatic carbocycles. The molecule has 0 aliphatic carbocycles. The molecule has 2 heterocycles. The maximum absolute atomic E-state index is 12.9. The number of carbonyl (C=O) groups excluding carboxylic acids is 2. The molecule has 3 rings (SSSR count). The predicted molar refractivity (Wildman–Crippen MR) is 108 cm³/mol. The largest absolute Gasteiger partial charge is 0.459 e. The van der Waals surface area contributed by atoms with Gasteiger partial charge in [0.15, 0.2) is 5.76 Å². The van der Waals surface area contributed by atoms with Gasteiger partial charge in [0, 0.05) is 32.6 Å². The molecule has 0 radical (unpaired) electrons. The van der Waals surface area contributed by atoms with E-state index in [4.69, 9.17) is 9.15 Å². The van der Waals surface area contributed by atoms with E-state index in [9.17, 15) is 18.0 Å². The first-order chi connectivity index (χ1) is 14.5. The summed E-state index contributed by atoms with van der Waals surface area (Å²) in [6.07, 6.45) is 2.07. The number of morpholine rings is 1. The van der Waals surface area contributed by atoms with Crippen LogP contribution in [-0.2, 0) is 26.1 Å². The summed E-state index contributed by atoms with van der Waals surface area (Å²) < 4.78 is 37.5. The van der Waals surface area contributed by atoms with Gasteiger partial charge in [0.1, 0.15) is 0 Å². The lowest BCUT2D eigenvalue weighted by Crippen LogP contribution is -2.41. The van der Waals surface area contributed by atoms with Crippen molar-refractivity contribution in [3.05, 3.63) is 54.0 Å². The maximum atomic E-state index is 12.9. The summed E-state index contributed by atoms with van der Waals surface area (Å²) >= 11 is 0. The number of nitrogens with zero attached hydrogens (tertiary/aromatic N) is 1. The van der Waals surface area contributed by atoms with Gasteiger partial charge in [0.05, 0.1) is 24.4 Å². The van der Waals surface area contributed by atoms with E-state index in [-0.39, 0.29) is 35.4 Å². The first kappa shape index (κ1) is 22.0. The normalized spacial score (nSPS) is 14.9. The lowest BCUT2D eigenvalue weighted by molar-refractivity contribution is -0.121. The number of sulfonamides is 1. The summed E-state index contributed by atoms with van der Waals surface area (Å²) in [6, 6.07) is 9.84. The Morgan fingerprint density at radius 3 is 2.53 bits per heavy atom. The van der Waals surface area contributed by atoms with Gasteiger partial charge in [0.25, 0.3) is 5.91 Å². The molecule has 2 N–H and O–H groups in total. The van der Waals surface area contributed by atoms with E-state index >= 15 is 0 Å². The first-order valence-electron chi connectivity index (χ1n) is 9.72. The monoisotopic (exact) mass is 435 g/mol. The van der Waals surface area contributed by atoms with Crippen molar-refractivity contribution in [2.45, 2.75) is 24.3 Å². The average molecular weight is 436 g/mol. The van der Waals surface area contributed by atoms with Crippen molar-refractivity contribution < 1.29 is 27.2 Å². The average Bonchev–Trinajstić information content (AvgIpc) is 3.31. The summed E-state index contributed by atoms with van der Waals surface area (Å²) in [6.45, 7) is 1.80. The van der Waals surface area contributed by atoms with Gasteiger partial charge in [-0.25, -0.2) is 8.42 Å². The fraction of sp³-hybridized carbons (Fsp3) is 0.400. The van der Waals surface area contributed by atoms with Crippen molar-refractivity contribution in [2.75, 3.05) is 32.8 Å². The van der Waals surface area contributed by atoms with E-state index in [0.29, 0.717) is 44.8 Å². The smallest absolute Gasteiger partial charge is 0.286 e. The number of rotatable bonds is 9. The molecule has 0 unspecified atom stereocenters. The van der Waals surface area contributed by atoms with Crippen LogP contribution in [-0.4, -0.2) is 57.4 Å². The minimum Gasteiger partial charge on any atom is -0.459 e. The Bertz CT molecular complexity index is 953. The van der Waals surface area contributed by atoms with Crippen molar-refractivity contribution in [2.24, 2.45) is 0 Å². The van der Waals surface area contributed by atoms with E-state index in [1.54, 1.807) is 36.4 Å². The molecule has 1 aliphatic rings. The maximum Gasteiger partial charge on any atom is 0.286 e. The Kier molecular flexibility index (Phi) is 7.61. The minimum absolute atomic E-state index is 0.108. The highest BCUT2D eigenvalue weighted by Gasteiger charge is 2.28. The SMILES string of the molecule is O=C(CCCNC(=O)c1ccco1)NCc1ccccc1S(=O)(=O)N1CCOCC1. The van der Waals surface area contributed by atoms with Crippen LogP contribution >= 0.6 is 0 Å². The number of furan rings is 1. The zero-order chi connectivity index (χ0) is 21.4. The van der Waals surface area contributed by atoms with Gasteiger partial charge in [-0.1, -0.05) is 18.2 Å². The van der Waals surface area contributed by atoms with Gasteiger partial charge in [-0.05, 0) is 30.2 Å². The molecule has 1 aromatic heterocycles. The molecular weight excluding hydrogens is 410 g/mol. The molecule has 0 spiro atoms. The topological polar surface area (TPSA) is 118 Å². The summed E-state index contributed by atoms with van der Waals surface area (Å²) in [5, 5.41) is 5.42. The molecule has 2 aromatic rings. The standard InChI is InChI=1S/C20H25N3O6S/c24-19(8-3-9-21-20(25)17-6-4-12-29-17)22-15-16-5-1-2-7-18(16)30(26,27)23-10-13-28-14-11-23/h1-2,4-7,12H,3,8-11,13-15H2,(H,21,25)(H,22,24). The minimum atomic E-state index is -3.65. The Balaban J connectivity index is 1.48. The molecule has 2 amide bonds. The number of carbonyl (C=O) groups is 2. The van der Waals surface area contributed by atoms with Crippen molar-refractivity contribution in [1.29, 1.82) is 0 Å². The second-order valence-electron chi connectivity index (χ2n) is 6.74. The molecule has 10 heteroatoms. The summed E-state index contributed by atoms with van der Waals surface area (Å²) in [4.78, 5) is 24.1. The number of amides is 2. The van der Waals surface area contributed by atoms with Gasteiger partial charge >= 0.3 is 0 Å². The lowest BCUT2D eigenvalue weighted by Gasteiger charge is -2.27. The Labute approximate surface area is 175 Å². The zero-order valence-electron chi connectivity index (χ0n) is 16.5. The van der Waals surface area contributed by atoms with Crippen LogP contribution in [0.15, 0.2) is 52.0 Å². The second kappa shape index (κ2) is 10.4. The Hall–Kier alpha value is -2.69. The van der Waals surface area contributed by atoms with E-state index in [0.717, 1.165) is 0 Å². The number of benzene rings is 1. The third-order valence-electron chi connectivity index (χ3n) is 4.65. The van der Waals surface area contributed by atoms with Gasteiger partial charge in [0.2, 0.25) is 15.9 Å². The van der Waals surface area contributed by atoms with Crippen LogP contribution < -0.4 is 10.6 Å². The zero-order valence-corrected chi connectivity index (χ0v) is 17.3. The first-order valence-corrected chi connectivity index (χ1v) is 11.2. The molecule has 9 nitrogen and oxygen atoms in total. The molecule has 1 fully saturated rings. The van der Waals surface area contributed by atoms with Crippen molar-refractivity contribution in [3.8, 4) is 0 Å². The summed E-state index contributed by atoms with van der Waals surface area (Å²) in [5.74, 6) is -0.332. The van der Waals surface area contributed by atoms with Gasteiger partial charge in [-0.2, -0.15) is 4.31 Å². The van der Waals surface area contributed by atoms with Crippen LogP contribution in [0.2, 0.25) is 0 Å². The van der Waals surface area contributed by atoms with Crippen LogP contribution in [0.5, 0.6) is 0 Å². The highest BCUT2D eigenvalue weighted by atomic mass is 32.2. The summed E-state index contributed by atoms with van der Waals surface area (Å²) in [7, 11) is -3.65. The Morgan fingerprint density at radius 2 is 1.80 bits per heavy atom. The van der Waals surface area contributed by atoms with E-state index in [1.165, 1.54) is 10.6 Å². The van der Waals surface area contributed by atoms with Gasteiger partial charge in [-0.15, -0.1) is 0 Å². The van der Waals surface area contributed by atoms with E-state index in [1.807, 2.05) is 0 Å². The molecule has 0 atom stereocenters. The molecule has 0 saturated carbocycles. The second-order valence-corrected chi connectivity index (χ2v) is 8.64. The summed E-state index contributed by atoms with van der Waals surface area (Å²) in [5.41, 5.74) is 0.531. The Morgan fingerprint density at radius 1 is 1.03 bits per heavy atom. The predicted octanol–water partition coefficient (Wildman–Crippen LogP) is 1.13. The van der Waals surface area contributed by atoms with Crippen molar-refractivity contribution in [1.82, 2.24) is 14.9 Å². The van der Waals surface area contributed by atoms with E-state index < -0.39 is 10.0 Å². The number of ether oxygens (including phenoxy) is 1. The number of hydrogen-bond acceptors (Lipinski definition) is 6. The fourth-order valence-corrected chi connectivity index (χ4v) is 4.69. The quantitative estimate of drug-likeness (QED) is 0.570. The molecule has 1 saturated heterocycles. The van der Waals surface area contributed by atoms with Crippen LogP contribution in [0, 0.1) is 0 Å². The number of nitrogens with one attached hydrogen (secondary N) is 2. The third-order valence-corrected chi connectivity index (χ3v) is 6.65. The lowest BCUT2D eigenvalue weighted by atomic mass is 10.2. The van der Waals surface area contributed by atoms with Crippen LogP contribution in [0.3, 0.4) is 0 Å². The molecule has 162 valence electrons. The van der Waals surface area contributed by atoms with E-state index in [2.05, 4.69) is 10.6 Å². The highest BCUT2D eigenvalue weighted by Crippen LogP contribution is 2.21. The van der Waals surface area contributed by atoms with Crippen LogP contribution in [0.1, 0.15) is 29.0 Å².